The molecule has 1 aromatic heterocycles. The molecule has 1 aromatic rings. The Bertz CT molecular complexity index is 545. The number of carbonyl (C=O) groups is 1. The van der Waals surface area contributed by atoms with E-state index in [4.69, 9.17) is 4.74 Å². The minimum atomic E-state index is 0.111. The summed E-state index contributed by atoms with van der Waals surface area (Å²) in [7, 11) is 0. The summed E-state index contributed by atoms with van der Waals surface area (Å²) < 4.78 is 7.85. The van der Waals surface area contributed by atoms with Gasteiger partial charge in [0.25, 0.3) is 0 Å². The van der Waals surface area contributed by atoms with E-state index in [0.717, 1.165) is 24.8 Å². The molecule has 22 heavy (non-hydrogen) atoms. The Labute approximate surface area is 131 Å². The first-order chi connectivity index (χ1) is 10.7. The molecule has 2 saturated carbocycles. The number of ether oxygens (including phenoxy) is 1. The van der Waals surface area contributed by atoms with Crippen LogP contribution in [-0.4, -0.2) is 34.2 Å². The lowest BCUT2D eigenvalue weighted by molar-refractivity contribution is -0.130. The number of imidazole rings is 1. The first-order valence-electron chi connectivity index (χ1n) is 8.63. The fraction of sp³-hybridized carbons (Fsp3) is 0.765. The highest BCUT2D eigenvalue weighted by molar-refractivity contribution is 5.76. The van der Waals surface area contributed by atoms with E-state index in [-0.39, 0.29) is 5.91 Å². The largest absolute Gasteiger partial charge is 0.377 e. The first-order valence-corrected chi connectivity index (χ1v) is 8.63. The van der Waals surface area contributed by atoms with Crippen molar-refractivity contribution in [3.63, 3.8) is 0 Å². The number of hydrogen-bond acceptors (Lipinski definition) is 3. The highest BCUT2D eigenvalue weighted by atomic mass is 16.5. The highest BCUT2D eigenvalue weighted by Gasteiger charge is 2.56. The molecule has 2 heterocycles. The van der Waals surface area contributed by atoms with Crippen LogP contribution in [0.2, 0.25) is 0 Å². The van der Waals surface area contributed by atoms with E-state index in [9.17, 15) is 4.79 Å². The molecule has 1 amide bonds. The van der Waals surface area contributed by atoms with Gasteiger partial charge in [-0.3, -0.25) is 4.79 Å². The molecule has 2 aliphatic carbocycles. The van der Waals surface area contributed by atoms with Crippen molar-refractivity contribution in [2.75, 3.05) is 6.61 Å². The van der Waals surface area contributed by atoms with Crippen molar-refractivity contribution in [2.45, 2.75) is 57.7 Å². The third-order valence-corrected chi connectivity index (χ3v) is 5.95. The van der Waals surface area contributed by atoms with Crippen LogP contribution < -0.4 is 5.32 Å². The SMILES string of the molecule is Cc1nccn1CC(=O)N[C@@H]1[C@@H]2CCO[C@@H]2[C@@H]1C1CCCC1. The normalized spacial score (nSPS) is 34.4. The van der Waals surface area contributed by atoms with Gasteiger partial charge >= 0.3 is 0 Å². The molecular weight excluding hydrogens is 278 g/mol. The van der Waals surface area contributed by atoms with Gasteiger partial charge in [0, 0.05) is 36.9 Å². The molecule has 1 N–H and O–H groups in total. The van der Waals surface area contributed by atoms with Crippen LogP contribution in [-0.2, 0) is 16.1 Å². The second-order valence-electron chi connectivity index (χ2n) is 7.11. The maximum absolute atomic E-state index is 12.4. The number of fused-ring (bicyclic) bond motifs is 1. The summed E-state index contributed by atoms with van der Waals surface area (Å²) in [6.07, 6.45) is 10.4. The van der Waals surface area contributed by atoms with Gasteiger partial charge in [0.05, 0.1) is 6.10 Å². The third-order valence-electron chi connectivity index (χ3n) is 5.95. The number of hydrogen-bond donors (Lipinski definition) is 1. The van der Waals surface area contributed by atoms with E-state index >= 15 is 0 Å². The predicted octanol–water partition coefficient (Wildman–Crippen LogP) is 1.90. The number of nitrogens with one attached hydrogen (secondary N) is 1. The molecule has 0 bridgehead atoms. The van der Waals surface area contributed by atoms with E-state index < -0.39 is 0 Å². The van der Waals surface area contributed by atoms with Gasteiger partial charge in [-0.15, -0.1) is 0 Å². The molecule has 0 radical (unpaired) electrons. The van der Waals surface area contributed by atoms with E-state index in [0.29, 0.717) is 30.5 Å². The predicted molar refractivity (Wildman–Crippen MR) is 82.2 cm³/mol. The summed E-state index contributed by atoms with van der Waals surface area (Å²) in [6.45, 7) is 3.17. The van der Waals surface area contributed by atoms with Gasteiger partial charge < -0.3 is 14.6 Å². The quantitative estimate of drug-likeness (QED) is 0.924. The molecule has 1 aliphatic heterocycles. The molecule has 3 aliphatic rings. The van der Waals surface area contributed by atoms with Crippen molar-refractivity contribution in [1.82, 2.24) is 14.9 Å². The molecule has 3 fully saturated rings. The van der Waals surface area contributed by atoms with Crippen molar-refractivity contribution in [3.05, 3.63) is 18.2 Å². The fourth-order valence-corrected chi connectivity index (χ4v) is 4.82. The number of rotatable bonds is 4. The molecule has 5 heteroatoms. The van der Waals surface area contributed by atoms with Gasteiger partial charge in [0.1, 0.15) is 12.4 Å². The Kier molecular flexibility index (Phi) is 3.68. The minimum absolute atomic E-state index is 0.111. The minimum Gasteiger partial charge on any atom is -0.377 e. The van der Waals surface area contributed by atoms with E-state index in [1.807, 2.05) is 17.7 Å². The maximum Gasteiger partial charge on any atom is 0.240 e. The first kappa shape index (κ1) is 14.2. The van der Waals surface area contributed by atoms with Crippen LogP contribution in [0.15, 0.2) is 12.4 Å². The summed E-state index contributed by atoms with van der Waals surface area (Å²) in [6, 6.07) is 0.326. The number of carbonyl (C=O) groups excluding carboxylic acids is 1. The molecule has 5 nitrogen and oxygen atoms in total. The Balaban J connectivity index is 1.41. The second kappa shape index (κ2) is 5.69. The summed E-state index contributed by atoms with van der Waals surface area (Å²) in [4.78, 5) is 16.6. The van der Waals surface area contributed by atoms with E-state index in [1.165, 1.54) is 25.7 Å². The van der Waals surface area contributed by atoms with Crippen LogP contribution >= 0.6 is 0 Å². The van der Waals surface area contributed by atoms with E-state index in [1.54, 1.807) is 6.20 Å². The van der Waals surface area contributed by atoms with Crippen LogP contribution in [0.25, 0.3) is 0 Å². The van der Waals surface area contributed by atoms with Gasteiger partial charge in [-0.25, -0.2) is 4.98 Å². The van der Waals surface area contributed by atoms with Gasteiger partial charge in [-0.2, -0.15) is 0 Å². The Morgan fingerprint density at radius 3 is 2.95 bits per heavy atom. The Hall–Kier alpha value is -1.36. The molecule has 4 atom stereocenters. The summed E-state index contributed by atoms with van der Waals surface area (Å²) in [5.74, 6) is 2.83. The topological polar surface area (TPSA) is 56.2 Å². The number of aromatic nitrogens is 2. The molecule has 0 unspecified atom stereocenters. The zero-order chi connectivity index (χ0) is 15.1. The third kappa shape index (κ3) is 2.35. The van der Waals surface area contributed by atoms with Crippen molar-refractivity contribution >= 4 is 5.91 Å². The average molecular weight is 303 g/mol. The molecule has 4 rings (SSSR count). The average Bonchev–Trinajstić information content (AvgIpc) is 3.21. The van der Waals surface area contributed by atoms with Gasteiger partial charge in [0.15, 0.2) is 0 Å². The number of amides is 1. The lowest BCUT2D eigenvalue weighted by Gasteiger charge is -2.50. The van der Waals surface area contributed by atoms with Gasteiger partial charge in [-0.05, 0) is 19.3 Å². The summed E-state index contributed by atoms with van der Waals surface area (Å²) >= 11 is 0. The fourth-order valence-electron chi connectivity index (χ4n) is 4.82. The van der Waals surface area contributed by atoms with Crippen molar-refractivity contribution < 1.29 is 9.53 Å². The lowest BCUT2D eigenvalue weighted by Crippen LogP contribution is -2.63. The molecule has 0 aromatic carbocycles. The highest BCUT2D eigenvalue weighted by Crippen LogP contribution is 2.51. The van der Waals surface area contributed by atoms with E-state index in [2.05, 4.69) is 10.3 Å². The zero-order valence-corrected chi connectivity index (χ0v) is 13.2. The summed E-state index contributed by atoms with van der Waals surface area (Å²) in [5.41, 5.74) is 0. The maximum atomic E-state index is 12.4. The van der Waals surface area contributed by atoms with Crippen molar-refractivity contribution in [3.8, 4) is 0 Å². The molecule has 120 valence electrons. The Morgan fingerprint density at radius 1 is 1.41 bits per heavy atom. The number of nitrogens with zero attached hydrogens (tertiary/aromatic N) is 2. The standard InChI is InChI=1S/C17H25N3O2/c1-11-18-7-8-20(11)10-14(21)19-16-13-6-9-22-17(13)15(16)12-4-2-3-5-12/h7-8,12-13,15-17H,2-6,9-10H2,1H3,(H,19,21)/t13-,15+,16+,17-/m0/s1. The second-order valence-corrected chi connectivity index (χ2v) is 7.11. The van der Waals surface area contributed by atoms with Gasteiger partial charge in [-0.1, -0.05) is 25.7 Å². The van der Waals surface area contributed by atoms with Crippen LogP contribution in [0.1, 0.15) is 37.9 Å². The molecule has 1 saturated heterocycles. The van der Waals surface area contributed by atoms with Crippen LogP contribution in [0.4, 0.5) is 0 Å². The van der Waals surface area contributed by atoms with Crippen LogP contribution in [0.3, 0.4) is 0 Å². The van der Waals surface area contributed by atoms with Crippen LogP contribution in [0, 0.1) is 24.7 Å². The zero-order valence-electron chi connectivity index (χ0n) is 13.2. The van der Waals surface area contributed by atoms with Crippen molar-refractivity contribution in [1.29, 1.82) is 0 Å². The number of aryl methyl sites for hydroxylation is 1. The summed E-state index contributed by atoms with van der Waals surface area (Å²) in [5, 5.41) is 3.31. The van der Waals surface area contributed by atoms with Crippen molar-refractivity contribution in [2.24, 2.45) is 17.8 Å². The lowest BCUT2D eigenvalue weighted by atomic mass is 9.61. The van der Waals surface area contributed by atoms with Gasteiger partial charge in [0.2, 0.25) is 5.91 Å². The Morgan fingerprint density at radius 2 is 2.23 bits per heavy atom. The molecular formula is C17H25N3O2. The molecule has 0 spiro atoms. The van der Waals surface area contributed by atoms with Crippen LogP contribution in [0.5, 0.6) is 0 Å². The monoisotopic (exact) mass is 303 g/mol. The smallest absolute Gasteiger partial charge is 0.240 e.